The SMILES string of the molecule is CCCCCCCCCCCCCCCCOP(=O)(O)NCC. The Kier molecular flexibility index (Phi) is 17.0. The smallest absolute Gasteiger partial charge is 0.312 e. The fourth-order valence-corrected chi connectivity index (χ4v) is 3.60. The van der Waals surface area contributed by atoms with Gasteiger partial charge < -0.3 is 4.89 Å². The van der Waals surface area contributed by atoms with Crippen LogP contribution in [-0.4, -0.2) is 18.0 Å². The van der Waals surface area contributed by atoms with Gasteiger partial charge in [-0.1, -0.05) is 97.3 Å². The minimum atomic E-state index is -3.53. The molecule has 0 spiro atoms. The summed E-state index contributed by atoms with van der Waals surface area (Å²) in [5.41, 5.74) is 0. The molecule has 4 nitrogen and oxygen atoms in total. The highest BCUT2D eigenvalue weighted by atomic mass is 31.2. The molecular weight excluding hydrogens is 309 g/mol. The van der Waals surface area contributed by atoms with E-state index in [1.54, 1.807) is 6.92 Å². The number of nitrogens with one attached hydrogen (secondary N) is 1. The Labute approximate surface area is 144 Å². The summed E-state index contributed by atoms with van der Waals surface area (Å²) in [5.74, 6) is 0. The summed E-state index contributed by atoms with van der Waals surface area (Å²) in [7, 11) is -3.53. The molecule has 0 rings (SSSR count). The molecule has 0 heterocycles. The molecule has 1 unspecified atom stereocenters. The van der Waals surface area contributed by atoms with Crippen LogP contribution in [0, 0.1) is 0 Å². The minimum absolute atomic E-state index is 0.374. The number of hydrogen-bond donors (Lipinski definition) is 2. The first kappa shape index (κ1) is 23.1. The van der Waals surface area contributed by atoms with Crippen molar-refractivity contribution in [2.24, 2.45) is 0 Å². The van der Waals surface area contributed by atoms with Crippen molar-refractivity contribution in [3.8, 4) is 0 Å². The Morgan fingerprint density at radius 3 is 1.52 bits per heavy atom. The molecule has 0 aliphatic carbocycles. The Morgan fingerprint density at radius 1 is 0.739 bits per heavy atom. The normalized spacial score (nSPS) is 14.0. The summed E-state index contributed by atoms with van der Waals surface area (Å²) in [5, 5.41) is 2.46. The van der Waals surface area contributed by atoms with Gasteiger partial charge in [-0.2, -0.15) is 0 Å². The van der Waals surface area contributed by atoms with Gasteiger partial charge in [0.25, 0.3) is 0 Å². The summed E-state index contributed by atoms with van der Waals surface area (Å²) >= 11 is 0. The van der Waals surface area contributed by atoms with Gasteiger partial charge in [-0.3, -0.25) is 4.52 Å². The van der Waals surface area contributed by atoms with Crippen molar-refractivity contribution in [1.82, 2.24) is 5.09 Å². The minimum Gasteiger partial charge on any atom is -0.312 e. The third-order valence-corrected chi connectivity index (χ3v) is 5.37. The fourth-order valence-electron chi connectivity index (χ4n) is 2.73. The molecule has 0 radical (unpaired) electrons. The highest BCUT2D eigenvalue weighted by Crippen LogP contribution is 2.36. The number of hydrogen-bond acceptors (Lipinski definition) is 2. The van der Waals surface area contributed by atoms with Crippen LogP contribution < -0.4 is 5.09 Å². The third-order valence-electron chi connectivity index (χ3n) is 4.12. The van der Waals surface area contributed by atoms with Crippen molar-refractivity contribution in [2.75, 3.05) is 13.2 Å². The van der Waals surface area contributed by atoms with Gasteiger partial charge in [0, 0.05) is 6.54 Å². The lowest BCUT2D eigenvalue weighted by Crippen LogP contribution is -2.11. The first-order valence-corrected chi connectivity index (χ1v) is 11.4. The van der Waals surface area contributed by atoms with E-state index in [4.69, 9.17) is 4.52 Å². The molecule has 0 aromatic rings. The van der Waals surface area contributed by atoms with Crippen LogP contribution in [0.3, 0.4) is 0 Å². The van der Waals surface area contributed by atoms with E-state index in [1.807, 2.05) is 0 Å². The van der Waals surface area contributed by atoms with E-state index in [0.29, 0.717) is 13.2 Å². The molecule has 0 amide bonds. The highest BCUT2D eigenvalue weighted by molar-refractivity contribution is 7.50. The molecular formula is C18H40NO3P. The maximum absolute atomic E-state index is 11.4. The summed E-state index contributed by atoms with van der Waals surface area (Å²) in [6.45, 7) is 4.88. The second-order valence-electron chi connectivity index (χ2n) is 6.46. The molecule has 0 saturated heterocycles. The van der Waals surface area contributed by atoms with Crippen molar-refractivity contribution in [2.45, 2.75) is 104 Å². The largest absolute Gasteiger partial charge is 0.402 e. The van der Waals surface area contributed by atoms with Gasteiger partial charge in [0.05, 0.1) is 6.61 Å². The number of rotatable bonds is 18. The average molecular weight is 349 g/mol. The van der Waals surface area contributed by atoms with E-state index >= 15 is 0 Å². The predicted octanol–water partition coefficient (Wildman–Crippen LogP) is 6.19. The van der Waals surface area contributed by atoms with Crippen LogP contribution in [-0.2, 0) is 9.09 Å². The van der Waals surface area contributed by atoms with Crippen molar-refractivity contribution in [1.29, 1.82) is 0 Å². The molecule has 0 aliphatic rings. The van der Waals surface area contributed by atoms with Crippen LogP contribution in [0.4, 0.5) is 0 Å². The standard InChI is InChI=1S/C18H40NO3P/c1-3-5-6-7-8-9-10-11-12-13-14-15-16-17-18-22-23(20,21)19-4-2/h3-18H2,1-2H3,(H2,19,20,21). The van der Waals surface area contributed by atoms with Crippen LogP contribution in [0.2, 0.25) is 0 Å². The van der Waals surface area contributed by atoms with Crippen LogP contribution in [0.25, 0.3) is 0 Å². The molecule has 1 atom stereocenters. The van der Waals surface area contributed by atoms with E-state index in [9.17, 15) is 9.46 Å². The molecule has 5 heteroatoms. The maximum Gasteiger partial charge on any atom is 0.402 e. The Bertz CT molecular complexity index is 287. The van der Waals surface area contributed by atoms with Crippen LogP contribution in [0.1, 0.15) is 104 Å². The zero-order valence-electron chi connectivity index (χ0n) is 15.5. The van der Waals surface area contributed by atoms with Gasteiger partial charge in [-0.05, 0) is 6.42 Å². The Balaban J connectivity index is 3.12. The molecule has 140 valence electrons. The van der Waals surface area contributed by atoms with E-state index in [-0.39, 0.29) is 0 Å². The van der Waals surface area contributed by atoms with E-state index in [2.05, 4.69) is 12.0 Å². The first-order chi connectivity index (χ1) is 11.1. The van der Waals surface area contributed by atoms with Gasteiger partial charge in [0.15, 0.2) is 0 Å². The van der Waals surface area contributed by atoms with E-state index < -0.39 is 7.75 Å². The molecule has 2 N–H and O–H groups in total. The van der Waals surface area contributed by atoms with Crippen molar-refractivity contribution in [3.63, 3.8) is 0 Å². The van der Waals surface area contributed by atoms with Crippen molar-refractivity contribution >= 4 is 7.75 Å². The summed E-state index contributed by atoms with van der Waals surface area (Å²) < 4.78 is 16.3. The molecule has 0 fully saturated rings. The van der Waals surface area contributed by atoms with Crippen LogP contribution in [0.15, 0.2) is 0 Å². The van der Waals surface area contributed by atoms with Gasteiger partial charge >= 0.3 is 7.75 Å². The van der Waals surface area contributed by atoms with Crippen LogP contribution in [0.5, 0.6) is 0 Å². The molecule has 0 bridgehead atoms. The zero-order valence-corrected chi connectivity index (χ0v) is 16.4. The predicted molar refractivity (Wildman–Crippen MR) is 99.8 cm³/mol. The third kappa shape index (κ3) is 18.3. The van der Waals surface area contributed by atoms with Gasteiger partial charge in [0.1, 0.15) is 0 Å². The quantitative estimate of drug-likeness (QED) is 0.229. The summed E-state index contributed by atoms with van der Waals surface area (Å²) in [6.07, 6.45) is 18.3. The van der Waals surface area contributed by atoms with E-state index in [1.165, 1.54) is 77.0 Å². The van der Waals surface area contributed by atoms with Crippen LogP contribution >= 0.6 is 7.75 Å². The topological polar surface area (TPSA) is 58.6 Å². The van der Waals surface area contributed by atoms with Crippen molar-refractivity contribution < 1.29 is 14.0 Å². The Hall–Kier alpha value is 0.110. The van der Waals surface area contributed by atoms with Crippen molar-refractivity contribution in [3.05, 3.63) is 0 Å². The second-order valence-corrected chi connectivity index (χ2v) is 8.08. The molecule has 23 heavy (non-hydrogen) atoms. The molecule has 0 aromatic carbocycles. The lowest BCUT2D eigenvalue weighted by atomic mass is 10.0. The molecule has 0 saturated carbocycles. The Morgan fingerprint density at radius 2 is 1.13 bits per heavy atom. The lowest BCUT2D eigenvalue weighted by molar-refractivity contribution is 0.244. The molecule has 0 aliphatic heterocycles. The highest BCUT2D eigenvalue weighted by Gasteiger charge is 2.16. The second kappa shape index (κ2) is 17.0. The summed E-state index contributed by atoms with van der Waals surface area (Å²) in [6, 6.07) is 0. The van der Waals surface area contributed by atoms with Gasteiger partial charge in [-0.25, -0.2) is 9.65 Å². The molecule has 0 aromatic heterocycles. The number of unbranched alkanes of at least 4 members (excludes halogenated alkanes) is 13. The zero-order chi connectivity index (χ0) is 17.2. The lowest BCUT2D eigenvalue weighted by Gasteiger charge is -2.11. The van der Waals surface area contributed by atoms with Gasteiger partial charge in [0.2, 0.25) is 0 Å². The maximum atomic E-state index is 11.4. The van der Waals surface area contributed by atoms with E-state index in [0.717, 1.165) is 12.8 Å². The first-order valence-electron chi connectivity index (χ1n) is 9.85. The van der Waals surface area contributed by atoms with Gasteiger partial charge in [-0.15, -0.1) is 0 Å². The average Bonchev–Trinajstić information content (AvgIpc) is 2.51. The monoisotopic (exact) mass is 349 g/mol. The summed E-state index contributed by atoms with van der Waals surface area (Å²) in [4.78, 5) is 9.34. The fraction of sp³-hybridized carbons (Fsp3) is 1.00.